The summed E-state index contributed by atoms with van der Waals surface area (Å²) in [5, 5.41) is 0. The van der Waals surface area contributed by atoms with Crippen molar-refractivity contribution in [3.8, 4) is 0 Å². The predicted octanol–water partition coefficient (Wildman–Crippen LogP) is 2.27. The topological polar surface area (TPSA) is 55.8 Å². The summed E-state index contributed by atoms with van der Waals surface area (Å²) in [6.45, 7) is 1.20. The molecule has 2 aliphatic rings. The van der Waals surface area contributed by atoms with Gasteiger partial charge in [0.2, 0.25) is 0 Å². The number of amides is 1. The molecule has 0 N–H and O–H groups in total. The van der Waals surface area contributed by atoms with Crippen molar-refractivity contribution in [2.75, 3.05) is 13.2 Å². The minimum absolute atomic E-state index is 0.0697. The van der Waals surface area contributed by atoms with E-state index in [1.807, 2.05) is 30.3 Å². The summed E-state index contributed by atoms with van der Waals surface area (Å²) in [5.74, 6) is -0.325. The molecule has 1 atom stereocenters. The van der Waals surface area contributed by atoms with Crippen LogP contribution in [0.1, 0.15) is 18.4 Å². The molecule has 1 unspecified atom stereocenters. The van der Waals surface area contributed by atoms with Crippen molar-refractivity contribution in [3.63, 3.8) is 0 Å². The van der Waals surface area contributed by atoms with Gasteiger partial charge in [-0.05, 0) is 24.0 Å². The van der Waals surface area contributed by atoms with Crippen molar-refractivity contribution >= 4 is 12.1 Å². The van der Waals surface area contributed by atoms with Gasteiger partial charge in [-0.3, -0.25) is 0 Å². The number of nitrogens with zero attached hydrogens (tertiary/aromatic N) is 1. The van der Waals surface area contributed by atoms with E-state index in [1.165, 1.54) is 6.08 Å². The molecule has 3 rings (SSSR count). The lowest BCUT2D eigenvalue weighted by Crippen LogP contribution is -2.37. The van der Waals surface area contributed by atoms with Crippen molar-refractivity contribution in [3.05, 3.63) is 47.5 Å². The Kier molecular flexibility index (Phi) is 3.90. The number of benzene rings is 1. The van der Waals surface area contributed by atoms with Crippen LogP contribution in [0.15, 0.2) is 42.0 Å². The number of carbonyl (C=O) groups excluding carboxylic acids is 2. The first kappa shape index (κ1) is 13.7. The third-order valence-corrected chi connectivity index (χ3v) is 3.80. The van der Waals surface area contributed by atoms with Crippen LogP contribution in [0.4, 0.5) is 4.79 Å². The van der Waals surface area contributed by atoms with E-state index < -0.39 is 0 Å². The molecule has 21 heavy (non-hydrogen) atoms. The summed E-state index contributed by atoms with van der Waals surface area (Å²) in [7, 11) is 0. The number of carbonyl (C=O) groups is 2. The van der Waals surface area contributed by atoms with Crippen LogP contribution in [-0.2, 0) is 20.9 Å². The molecule has 2 heterocycles. The molecule has 5 nitrogen and oxygen atoms in total. The molecule has 1 aromatic rings. The Morgan fingerprint density at radius 2 is 2.14 bits per heavy atom. The first-order chi connectivity index (χ1) is 10.2. The van der Waals surface area contributed by atoms with E-state index in [4.69, 9.17) is 9.47 Å². The van der Waals surface area contributed by atoms with E-state index in [9.17, 15) is 9.59 Å². The normalized spacial score (nSPS) is 21.1. The molecule has 1 amide bonds. The highest BCUT2D eigenvalue weighted by molar-refractivity contribution is 5.85. The number of esters is 1. The van der Waals surface area contributed by atoms with Gasteiger partial charge >= 0.3 is 12.1 Å². The van der Waals surface area contributed by atoms with Crippen molar-refractivity contribution in [1.82, 2.24) is 4.90 Å². The fraction of sp³-hybridized carbons (Fsp3) is 0.375. The molecule has 0 radical (unpaired) electrons. The zero-order valence-electron chi connectivity index (χ0n) is 11.7. The predicted molar refractivity (Wildman–Crippen MR) is 75.4 cm³/mol. The number of hydrogen-bond donors (Lipinski definition) is 0. The molecule has 0 aliphatic carbocycles. The van der Waals surface area contributed by atoms with E-state index in [2.05, 4.69) is 0 Å². The van der Waals surface area contributed by atoms with E-state index in [1.54, 1.807) is 4.90 Å². The van der Waals surface area contributed by atoms with Crippen LogP contribution in [0.25, 0.3) is 0 Å². The molecule has 0 saturated carbocycles. The summed E-state index contributed by atoms with van der Waals surface area (Å²) in [4.78, 5) is 25.1. The minimum Gasteiger partial charge on any atom is -0.458 e. The first-order valence-electron chi connectivity index (χ1n) is 7.08. The van der Waals surface area contributed by atoms with Gasteiger partial charge in [0.1, 0.15) is 13.2 Å². The fourth-order valence-corrected chi connectivity index (χ4v) is 2.75. The summed E-state index contributed by atoms with van der Waals surface area (Å²) >= 11 is 0. The van der Waals surface area contributed by atoms with Gasteiger partial charge in [-0.25, -0.2) is 9.59 Å². The second-order valence-corrected chi connectivity index (χ2v) is 5.22. The standard InChI is InChI=1S/C16H17NO4/c18-15-9-13(11-20-15)14-7-4-8-17(14)16(19)21-10-12-5-2-1-3-6-12/h1-3,5-6,9,14H,4,7-8,10-11H2. The van der Waals surface area contributed by atoms with Crippen LogP contribution in [-0.4, -0.2) is 36.2 Å². The van der Waals surface area contributed by atoms with Gasteiger partial charge in [0.15, 0.2) is 0 Å². The monoisotopic (exact) mass is 287 g/mol. The molecule has 0 bridgehead atoms. The Bertz CT molecular complexity index is 567. The maximum absolute atomic E-state index is 12.2. The highest BCUT2D eigenvalue weighted by Crippen LogP contribution is 2.27. The fourth-order valence-electron chi connectivity index (χ4n) is 2.75. The smallest absolute Gasteiger partial charge is 0.410 e. The van der Waals surface area contributed by atoms with Gasteiger partial charge in [0.05, 0.1) is 6.04 Å². The molecule has 1 fully saturated rings. The molecule has 1 saturated heterocycles. The van der Waals surface area contributed by atoms with Crippen LogP contribution >= 0.6 is 0 Å². The number of hydrogen-bond acceptors (Lipinski definition) is 4. The number of rotatable bonds is 3. The highest BCUT2D eigenvalue weighted by atomic mass is 16.6. The lowest BCUT2D eigenvalue weighted by atomic mass is 10.1. The van der Waals surface area contributed by atoms with Gasteiger partial charge in [0.25, 0.3) is 0 Å². The van der Waals surface area contributed by atoms with Crippen LogP contribution in [0, 0.1) is 0 Å². The molecule has 110 valence electrons. The third-order valence-electron chi connectivity index (χ3n) is 3.80. The summed E-state index contributed by atoms with van der Waals surface area (Å²) in [6.07, 6.45) is 2.93. The van der Waals surface area contributed by atoms with Crippen LogP contribution < -0.4 is 0 Å². The lowest BCUT2D eigenvalue weighted by Gasteiger charge is -2.24. The van der Waals surface area contributed by atoms with Gasteiger partial charge < -0.3 is 14.4 Å². The van der Waals surface area contributed by atoms with E-state index >= 15 is 0 Å². The summed E-state index contributed by atoms with van der Waals surface area (Å²) in [6, 6.07) is 9.51. The van der Waals surface area contributed by atoms with E-state index in [0.29, 0.717) is 6.54 Å². The number of likely N-dealkylation sites (tertiary alicyclic amines) is 1. The zero-order valence-corrected chi connectivity index (χ0v) is 11.7. The Labute approximate surface area is 123 Å². The van der Waals surface area contributed by atoms with E-state index in [-0.39, 0.29) is 31.3 Å². The Morgan fingerprint density at radius 1 is 1.33 bits per heavy atom. The van der Waals surface area contributed by atoms with Crippen molar-refractivity contribution in [2.45, 2.75) is 25.5 Å². The third kappa shape index (κ3) is 3.07. The second kappa shape index (κ2) is 5.99. The van der Waals surface area contributed by atoms with Gasteiger partial charge in [0, 0.05) is 12.6 Å². The maximum Gasteiger partial charge on any atom is 0.410 e. The second-order valence-electron chi connectivity index (χ2n) is 5.22. The molecule has 5 heteroatoms. The van der Waals surface area contributed by atoms with Crippen LogP contribution in [0.2, 0.25) is 0 Å². The molecule has 1 aromatic carbocycles. The number of ether oxygens (including phenoxy) is 2. The Balaban J connectivity index is 1.61. The lowest BCUT2D eigenvalue weighted by molar-refractivity contribution is -0.134. The van der Waals surface area contributed by atoms with Gasteiger partial charge in [-0.15, -0.1) is 0 Å². The molecule has 0 aromatic heterocycles. The van der Waals surface area contributed by atoms with Crippen molar-refractivity contribution in [2.24, 2.45) is 0 Å². The van der Waals surface area contributed by atoms with Gasteiger partial charge in [-0.1, -0.05) is 30.3 Å². The average molecular weight is 287 g/mol. The minimum atomic E-state index is -0.332. The Hall–Kier alpha value is -2.30. The summed E-state index contributed by atoms with van der Waals surface area (Å²) in [5.41, 5.74) is 1.83. The Morgan fingerprint density at radius 3 is 2.86 bits per heavy atom. The maximum atomic E-state index is 12.2. The highest BCUT2D eigenvalue weighted by Gasteiger charge is 2.34. The molecule has 0 spiro atoms. The molecular weight excluding hydrogens is 270 g/mol. The van der Waals surface area contributed by atoms with Crippen molar-refractivity contribution < 1.29 is 19.1 Å². The quantitative estimate of drug-likeness (QED) is 0.800. The van der Waals surface area contributed by atoms with Gasteiger partial charge in [-0.2, -0.15) is 0 Å². The molecular formula is C16H17NO4. The van der Waals surface area contributed by atoms with Crippen LogP contribution in [0.5, 0.6) is 0 Å². The number of cyclic esters (lactones) is 1. The first-order valence-corrected chi connectivity index (χ1v) is 7.08. The SMILES string of the molecule is O=C1C=C(C2CCCN2C(=O)OCc2ccccc2)CO1. The average Bonchev–Trinajstić information content (AvgIpc) is 3.14. The van der Waals surface area contributed by atoms with Crippen LogP contribution in [0.3, 0.4) is 0 Å². The zero-order chi connectivity index (χ0) is 14.7. The summed E-state index contributed by atoms with van der Waals surface area (Å²) < 4.78 is 10.3. The largest absolute Gasteiger partial charge is 0.458 e. The van der Waals surface area contributed by atoms with E-state index in [0.717, 1.165) is 24.0 Å². The van der Waals surface area contributed by atoms with Crippen molar-refractivity contribution in [1.29, 1.82) is 0 Å². The molecule has 2 aliphatic heterocycles.